The second-order valence-electron chi connectivity index (χ2n) is 8.21. The first-order valence-electron chi connectivity index (χ1n) is 8.32. The van der Waals surface area contributed by atoms with E-state index in [-0.39, 0.29) is 17.1 Å². The van der Waals surface area contributed by atoms with Gasteiger partial charge in [-0.15, -0.1) is 0 Å². The van der Waals surface area contributed by atoms with Gasteiger partial charge in [-0.1, -0.05) is 25.4 Å². The van der Waals surface area contributed by atoms with Crippen LogP contribution >= 0.6 is 11.6 Å². The number of amides is 1. The summed E-state index contributed by atoms with van der Waals surface area (Å²) >= 11 is 5.85. The van der Waals surface area contributed by atoms with E-state index >= 15 is 0 Å². The molecule has 1 amide bonds. The van der Waals surface area contributed by atoms with Crippen LogP contribution in [0.25, 0.3) is 0 Å². The van der Waals surface area contributed by atoms with Gasteiger partial charge in [-0.05, 0) is 44.6 Å². The first kappa shape index (κ1) is 18.8. The number of piperidine rings is 1. The maximum atomic E-state index is 12.3. The van der Waals surface area contributed by atoms with Crippen LogP contribution in [0.4, 0.5) is 4.79 Å². The number of nitrogens with zero attached hydrogens (tertiary/aromatic N) is 2. The van der Waals surface area contributed by atoms with Gasteiger partial charge < -0.3 is 14.2 Å². The van der Waals surface area contributed by atoms with E-state index in [1.165, 1.54) is 6.07 Å². The topological polar surface area (TPSA) is 51.5 Å². The molecular weight excluding hydrogens is 328 g/mol. The fourth-order valence-electron chi connectivity index (χ4n) is 3.10. The van der Waals surface area contributed by atoms with E-state index in [0.29, 0.717) is 30.6 Å². The fraction of sp³-hybridized carbons (Fsp3) is 0.667. The number of aromatic nitrogens is 1. The lowest BCUT2D eigenvalue weighted by Gasteiger charge is -2.44. The lowest BCUT2D eigenvalue weighted by Crippen LogP contribution is -2.50. The van der Waals surface area contributed by atoms with Crippen LogP contribution < -0.4 is 5.56 Å². The molecule has 0 saturated carbocycles. The number of rotatable bonds is 2. The summed E-state index contributed by atoms with van der Waals surface area (Å²) in [5, 5.41) is 0.454. The van der Waals surface area contributed by atoms with E-state index in [2.05, 4.69) is 13.8 Å². The van der Waals surface area contributed by atoms with Crippen molar-refractivity contribution in [3.63, 3.8) is 0 Å². The third-order valence-corrected chi connectivity index (χ3v) is 4.71. The lowest BCUT2D eigenvalue weighted by atomic mass is 9.74. The summed E-state index contributed by atoms with van der Waals surface area (Å²) in [7, 11) is 0. The highest BCUT2D eigenvalue weighted by Crippen LogP contribution is 2.36. The number of pyridine rings is 1. The number of halogens is 1. The maximum Gasteiger partial charge on any atom is 0.410 e. The summed E-state index contributed by atoms with van der Waals surface area (Å²) in [5.41, 5.74) is -0.684. The first-order valence-corrected chi connectivity index (χ1v) is 8.70. The molecule has 2 heterocycles. The molecule has 1 aromatic rings. The lowest BCUT2D eigenvalue weighted by molar-refractivity contribution is -0.00687. The van der Waals surface area contributed by atoms with Crippen molar-refractivity contribution in [1.82, 2.24) is 9.47 Å². The van der Waals surface area contributed by atoms with Crippen LogP contribution in [0.3, 0.4) is 0 Å². The molecule has 0 spiro atoms. The molecule has 0 bridgehead atoms. The summed E-state index contributed by atoms with van der Waals surface area (Å²) in [5.74, 6) is 0.301. The van der Waals surface area contributed by atoms with Crippen molar-refractivity contribution in [2.45, 2.75) is 53.2 Å². The Bertz CT molecular complexity index is 661. The molecule has 5 nitrogen and oxygen atoms in total. The van der Waals surface area contributed by atoms with Crippen LogP contribution in [0, 0.1) is 11.3 Å². The molecule has 24 heavy (non-hydrogen) atoms. The van der Waals surface area contributed by atoms with E-state index in [1.807, 2.05) is 20.8 Å². The minimum Gasteiger partial charge on any atom is -0.444 e. The Kier molecular flexibility index (Phi) is 5.33. The van der Waals surface area contributed by atoms with Crippen molar-refractivity contribution in [3.05, 3.63) is 33.7 Å². The number of carbonyl (C=O) groups excluding carboxylic acids is 1. The monoisotopic (exact) mass is 354 g/mol. The van der Waals surface area contributed by atoms with Gasteiger partial charge in [0.15, 0.2) is 0 Å². The van der Waals surface area contributed by atoms with E-state index in [4.69, 9.17) is 16.3 Å². The summed E-state index contributed by atoms with van der Waals surface area (Å²) in [4.78, 5) is 26.1. The molecule has 0 N–H and O–H groups in total. The Labute approximate surface area is 148 Å². The van der Waals surface area contributed by atoms with Crippen molar-refractivity contribution in [2.24, 2.45) is 11.3 Å². The average Bonchev–Trinajstić information content (AvgIpc) is 2.41. The quantitative estimate of drug-likeness (QED) is 0.812. The van der Waals surface area contributed by atoms with Crippen molar-refractivity contribution in [2.75, 3.05) is 13.1 Å². The molecule has 1 aliphatic heterocycles. The Morgan fingerprint density at radius 3 is 2.62 bits per heavy atom. The second kappa shape index (κ2) is 6.79. The summed E-state index contributed by atoms with van der Waals surface area (Å²) < 4.78 is 7.17. The second-order valence-corrected chi connectivity index (χ2v) is 8.65. The van der Waals surface area contributed by atoms with Gasteiger partial charge in [0.05, 0.1) is 0 Å². The zero-order valence-electron chi connectivity index (χ0n) is 15.1. The van der Waals surface area contributed by atoms with Crippen LogP contribution in [-0.2, 0) is 11.3 Å². The van der Waals surface area contributed by atoms with Gasteiger partial charge >= 0.3 is 6.09 Å². The molecule has 1 saturated heterocycles. The molecule has 134 valence electrons. The Balaban J connectivity index is 2.06. The van der Waals surface area contributed by atoms with Crippen molar-refractivity contribution < 1.29 is 9.53 Å². The van der Waals surface area contributed by atoms with Crippen LogP contribution in [0.1, 0.15) is 41.0 Å². The van der Waals surface area contributed by atoms with Crippen LogP contribution in [0.5, 0.6) is 0 Å². The predicted octanol–water partition coefficient (Wildman–Crippen LogP) is 3.78. The summed E-state index contributed by atoms with van der Waals surface area (Å²) in [6.45, 7) is 11.8. The molecular formula is C18H27ClN2O3. The zero-order valence-corrected chi connectivity index (χ0v) is 15.9. The van der Waals surface area contributed by atoms with Gasteiger partial charge in [-0.3, -0.25) is 4.79 Å². The van der Waals surface area contributed by atoms with Gasteiger partial charge in [-0.2, -0.15) is 0 Å². The average molecular weight is 355 g/mol. The molecule has 1 aromatic heterocycles. The predicted molar refractivity (Wildman–Crippen MR) is 95.4 cm³/mol. The molecule has 0 aromatic carbocycles. The number of likely N-dealkylation sites (tertiary alicyclic amines) is 1. The van der Waals surface area contributed by atoms with Gasteiger partial charge in [-0.25, -0.2) is 4.79 Å². The SMILES string of the molecule is CC(C)(C)OC(=O)N1CC[C@@H](Cn2ccc(Cl)cc2=O)C(C)(C)C1. The van der Waals surface area contributed by atoms with Crippen molar-refractivity contribution >= 4 is 17.7 Å². The van der Waals surface area contributed by atoms with Gasteiger partial charge in [0.25, 0.3) is 5.56 Å². The molecule has 6 heteroatoms. The van der Waals surface area contributed by atoms with Gasteiger partial charge in [0.1, 0.15) is 5.60 Å². The largest absolute Gasteiger partial charge is 0.444 e. The van der Waals surface area contributed by atoms with Crippen molar-refractivity contribution in [3.8, 4) is 0 Å². The normalized spacial score (nSPS) is 20.8. The standard InChI is InChI=1S/C18H27ClN2O3/c1-17(2,3)24-16(23)21-8-6-13(18(4,5)12-21)11-20-9-7-14(19)10-15(20)22/h7,9-10,13H,6,8,11-12H2,1-5H3/t13-/m0/s1. The van der Waals surface area contributed by atoms with E-state index in [0.717, 1.165) is 6.42 Å². The van der Waals surface area contributed by atoms with Crippen molar-refractivity contribution in [1.29, 1.82) is 0 Å². The Morgan fingerprint density at radius 1 is 1.42 bits per heavy atom. The highest BCUT2D eigenvalue weighted by Gasteiger charge is 2.38. The van der Waals surface area contributed by atoms with E-state index in [1.54, 1.807) is 21.7 Å². The zero-order chi connectivity index (χ0) is 18.1. The molecule has 2 rings (SSSR count). The molecule has 0 aliphatic carbocycles. The maximum absolute atomic E-state index is 12.3. The Hall–Kier alpha value is -1.49. The number of ether oxygens (including phenoxy) is 1. The van der Waals surface area contributed by atoms with Crippen LogP contribution in [0.15, 0.2) is 23.1 Å². The van der Waals surface area contributed by atoms with Gasteiger partial charge in [0, 0.05) is 36.9 Å². The first-order chi connectivity index (χ1) is 11.0. The molecule has 1 aliphatic rings. The van der Waals surface area contributed by atoms with Gasteiger partial charge in [0.2, 0.25) is 0 Å². The molecule has 0 radical (unpaired) electrons. The van der Waals surface area contributed by atoms with Crippen LogP contribution in [-0.4, -0.2) is 34.3 Å². The minimum absolute atomic E-state index is 0.0899. The van der Waals surface area contributed by atoms with E-state index < -0.39 is 5.60 Å². The summed E-state index contributed by atoms with van der Waals surface area (Å²) in [6, 6.07) is 3.16. The molecule has 1 fully saturated rings. The highest BCUT2D eigenvalue weighted by atomic mass is 35.5. The third kappa shape index (κ3) is 4.76. The fourth-order valence-corrected chi connectivity index (χ4v) is 3.24. The minimum atomic E-state index is -0.491. The van der Waals surface area contributed by atoms with Crippen LogP contribution in [0.2, 0.25) is 5.02 Å². The summed E-state index contributed by atoms with van der Waals surface area (Å²) in [6.07, 6.45) is 2.31. The molecule has 0 unspecified atom stereocenters. The third-order valence-electron chi connectivity index (χ3n) is 4.48. The van der Waals surface area contributed by atoms with E-state index in [9.17, 15) is 9.59 Å². The Morgan fingerprint density at radius 2 is 2.08 bits per heavy atom. The molecule has 1 atom stereocenters. The highest BCUT2D eigenvalue weighted by molar-refractivity contribution is 6.30. The number of hydrogen-bond donors (Lipinski definition) is 0. The number of carbonyl (C=O) groups is 1. The number of hydrogen-bond acceptors (Lipinski definition) is 3. The smallest absolute Gasteiger partial charge is 0.410 e.